The molecule has 0 aliphatic carbocycles. The largest absolute Gasteiger partial charge is 0.382 e. The third-order valence-electron chi connectivity index (χ3n) is 7.69. The maximum atomic E-state index is 13.2. The van der Waals surface area contributed by atoms with Crippen molar-refractivity contribution in [3.05, 3.63) is 94.8 Å². The predicted octanol–water partition coefficient (Wildman–Crippen LogP) is 3.46. The molecule has 218 valence electrons. The topological polar surface area (TPSA) is 146 Å². The summed E-state index contributed by atoms with van der Waals surface area (Å²) in [4.78, 5) is 46.8. The van der Waals surface area contributed by atoms with Crippen LogP contribution in [0.3, 0.4) is 0 Å². The summed E-state index contributed by atoms with van der Waals surface area (Å²) in [5.41, 5.74) is 9.97. The Morgan fingerprint density at radius 3 is 2.51 bits per heavy atom. The van der Waals surface area contributed by atoms with Crippen LogP contribution in [0.2, 0.25) is 0 Å². The number of anilines is 3. The van der Waals surface area contributed by atoms with Gasteiger partial charge in [-0.25, -0.2) is 19.6 Å². The minimum Gasteiger partial charge on any atom is -0.382 e. The number of nitrogen functional groups attached to an aromatic ring is 1. The fraction of sp³-hybridized carbons (Fsp3) is 0.226. The zero-order chi connectivity index (χ0) is 30.1. The molecule has 1 aliphatic heterocycles. The molecule has 1 atom stereocenters. The lowest BCUT2D eigenvalue weighted by molar-refractivity contribution is 0.102. The van der Waals surface area contributed by atoms with Crippen LogP contribution in [0.25, 0.3) is 28.3 Å². The Hall–Kier alpha value is -5.36. The van der Waals surface area contributed by atoms with Crippen molar-refractivity contribution in [1.29, 1.82) is 0 Å². The smallest absolute Gasteiger partial charge is 0.284 e. The molecular weight excluding hydrogens is 546 g/mol. The van der Waals surface area contributed by atoms with Crippen LogP contribution in [0.15, 0.2) is 78.0 Å². The van der Waals surface area contributed by atoms with E-state index in [1.807, 2.05) is 42.5 Å². The van der Waals surface area contributed by atoms with E-state index >= 15 is 0 Å². The van der Waals surface area contributed by atoms with E-state index in [9.17, 15) is 9.59 Å². The fourth-order valence-electron chi connectivity index (χ4n) is 5.22. The first-order valence-corrected chi connectivity index (χ1v) is 13.8. The number of nitrogens with two attached hydrogens (primary N) is 1. The lowest BCUT2D eigenvalue weighted by Gasteiger charge is -2.17. The summed E-state index contributed by atoms with van der Waals surface area (Å²) >= 11 is 0. The molecule has 4 heterocycles. The third-order valence-corrected chi connectivity index (χ3v) is 7.69. The van der Waals surface area contributed by atoms with E-state index in [2.05, 4.69) is 20.2 Å². The number of nitrogens with zero attached hydrogens (tertiary/aromatic N) is 7. The number of hydrogen-bond acceptors (Lipinski definition) is 9. The highest BCUT2D eigenvalue weighted by Gasteiger charge is 2.25. The van der Waals surface area contributed by atoms with E-state index in [-0.39, 0.29) is 23.0 Å². The zero-order valence-corrected chi connectivity index (χ0v) is 24.1. The average molecular weight is 578 g/mol. The van der Waals surface area contributed by atoms with Gasteiger partial charge in [0.25, 0.3) is 11.5 Å². The second kappa shape index (κ2) is 11.5. The number of amides is 1. The number of aromatic nitrogens is 6. The lowest BCUT2D eigenvalue weighted by atomic mass is 10.1. The molecule has 2 aromatic carbocycles. The van der Waals surface area contributed by atoms with E-state index in [1.165, 1.54) is 4.68 Å². The van der Waals surface area contributed by atoms with Crippen LogP contribution >= 0.6 is 0 Å². The second-order valence-corrected chi connectivity index (χ2v) is 10.3. The van der Waals surface area contributed by atoms with Crippen molar-refractivity contribution in [2.24, 2.45) is 7.05 Å². The number of carbonyl (C=O) groups is 1. The SMILES string of the molecule is COC1CCN(c2cncc(-c3nc(-c4ccc(NC(=O)c5c(C)n(C)n(-c6ccccc6)c5=O)cc4)cnc3N)n2)C1. The van der Waals surface area contributed by atoms with E-state index < -0.39 is 5.91 Å². The number of benzene rings is 2. The van der Waals surface area contributed by atoms with E-state index in [4.69, 9.17) is 20.4 Å². The number of carbonyl (C=O) groups excluding carboxylic acids is 1. The van der Waals surface area contributed by atoms with Crippen LogP contribution in [0.4, 0.5) is 17.3 Å². The predicted molar refractivity (Wildman–Crippen MR) is 164 cm³/mol. The molecule has 0 spiro atoms. The Balaban J connectivity index is 1.22. The highest BCUT2D eigenvalue weighted by atomic mass is 16.5. The molecule has 6 rings (SSSR count). The molecule has 0 saturated carbocycles. The molecule has 0 radical (unpaired) electrons. The second-order valence-electron chi connectivity index (χ2n) is 10.3. The summed E-state index contributed by atoms with van der Waals surface area (Å²) < 4.78 is 8.63. The van der Waals surface area contributed by atoms with Gasteiger partial charge in [-0.2, -0.15) is 0 Å². The van der Waals surface area contributed by atoms with Crippen LogP contribution in [0.1, 0.15) is 22.5 Å². The molecule has 1 saturated heterocycles. The number of rotatable bonds is 7. The molecule has 3 N–H and O–H groups in total. The Bertz CT molecular complexity index is 1850. The van der Waals surface area contributed by atoms with Gasteiger partial charge in [0.05, 0.1) is 41.8 Å². The Kier molecular flexibility index (Phi) is 7.43. The summed E-state index contributed by atoms with van der Waals surface area (Å²) in [5.74, 6) is 0.492. The van der Waals surface area contributed by atoms with E-state index in [0.717, 1.165) is 30.9 Å². The van der Waals surface area contributed by atoms with Crippen LogP contribution in [-0.4, -0.2) is 61.5 Å². The average Bonchev–Trinajstić information content (AvgIpc) is 3.60. The van der Waals surface area contributed by atoms with Gasteiger partial charge in [-0.15, -0.1) is 0 Å². The van der Waals surface area contributed by atoms with Crippen LogP contribution in [0, 0.1) is 6.92 Å². The molecule has 12 nitrogen and oxygen atoms in total. The van der Waals surface area contributed by atoms with E-state index in [0.29, 0.717) is 34.2 Å². The summed E-state index contributed by atoms with van der Waals surface area (Å²) in [7, 11) is 3.47. The minimum atomic E-state index is -0.483. The van der Waals surface area contributed by atoms with Crippen molar-refractivity contribution in [3.8, 4) is 28.3 Å². The van der Waals surface area contributed by atoms with Crippen molar-refractivity contribution >= 4 is 23.2 Å². The van der Waals surface area contributed by atoms with Gasteiger partial charge >= 0.3 is 0 Å². The highest BCUT2D eigenvalue weighted by molar-refractivity contribution is 6.05. The Morgan fingerprint density at radius 1 is 1.02 bits per heavy atom. The van der Waals surface area contributed by atoms with Gasteiger partial charge < -0.3 is 20.7 Å². The fourth-order valence-corrected chi connectivity index (χ4v) is 5.22. The minimum absolute atomic E-state index is 0.0829. The van der Waals surface area contributed by atoms with Crippen molar-refractivity contribution in [1.82, 2.24) is 29.3 Å². The number of nitrogens with one attached hydrogen (secondary N) is 1. The molecule has 43 heavy (non-hydrogen) atoms. The molecule has 5 aromatic rings. The third kappa shape index (κ3) is 5.35. The molecule has 0 bridgehead atoms. The molecular formula is C31H31N9O3. The van der Waals surface area contributed by atoms with Crippen molar-refractivity contribution in [3.63, 3.8) is 0 Å². The van der Waals surface area contributed by atoms with Gasteiger partial charge in [-0.3, -0.25) is 19.3 Å². The van der Waals surface area contributed by atoms with Gasteiger partial charge in [-0.05, 0) is 37.6 Å². The van der Waals surface area contributed by atoms with Crippen LogP contribution in [-0.2, 0) is 11.8 Å². The van der Waals surface area contributed by atoms with Crippen LogP contribution < -0.4 is 21.5 Å². The summed E-state index contributed by atoms with van der Waals surface area (Å²) in [6.07, 6.45) is 6.01. The van der Waals surface area contributed by atoms with Gasteiger partial charge in [0, 0.05) is 38.5 Å². The van der Waals surface area contributed by atoms with Gasteiger partial charge in [0.15, 0.2) is 5.82 Å². The first kappa shape index (κ1) is 27.8. The standard InChI is InChI=1S/C31H31N9O3/c1-19-27(31(42)40(38(19)2)22-7-5-4-6-8-22)30(41)35-21-11-9-20(10-12-21)24-16-34-29(32)28(37-24)25-15-33-17-26(36-25)39-14-13-23(18-39)43-3/h4-12,15-17,23H,13-14,18H2,1-3H3,(H2,32,34)(H,35,41). The van der Waals surface area contributed by atoms with Gasteiger partial charge in [0.2, 0.25) is 0 Å². The van der Waals surface area contributed by atoms with Gasteiger partial charge in [-0.1, -0.05) is 30.3 Å². The lowest BCUT2D eigenvalue weighted by Crippen LogP contribution is -2.25. The van der Waals surface area contributed by atoms with Crippen molar-refractivity contribution in [2.45, 2.75) is 19.4 Å². The number of ether oxygens (including phenoxy) is 1. The number of methoxy groups -OCH3 is 1. The maximum absolute atomic E-state index is 13.2. The summed E-state index contributed by atoms with van der Waals surface area (Å²) in [5, 5.41) is 2.84. The molecule has 3 aromatic heterocycles. The summed E-state index contributed by atoms with van der Waals surface area (Å²) in [6, 6.07) is 16.3. The molecule has 1 amide bonds. The Labute approximate surface area is 247 Å². The zero-order valence-electron chi connectivity index (χ0n) is 24.1. The molecule has 1 aliphatic rings. The summed E-state index contributed by atoms with van der Waals surface area (Å²) in [6.45, 7) is 3.32. The normalized spacial score (nSPS) is 14.7. The van der Waals surface area contributed by atoms with Crippen molar-refractivity contribution in [2.75, 3.05) is 36.1 Å². The quantitative estimate of drug-likeness (QED) is 0.297. The highest BCUT2D eigenvalue weighted by Crippen LogP contribution is 2.28. The van der Waals surface area contributed by atoms with Crippen LogP contribution in [0.5, 0.6) is 0 Å². The first-order valence-electron chi connectivity index (χ1n) is 13.8. The van der Waals surface area contributed by atoms with Crippen molar-refractivity contribution < 1.29 is 9.53 Å². The maximum Gasteiger partial charge on any atom is 0.284 e. The first-order chi connectivity index (χ1) is 20.8. The Morgan fingerprint density at radius 2 is 1.79 bits per heavy atom. The number of para-hydroxylation sites is 1. The monoisotopic (exact) mass is 577 g/mol. The molecule has 1 unspecified atom stereocenters. The molecule has 1 fully saturated rings. The van der Waals surface area contributed by atoms with Gasteiger partial charge in [0.1, 0.15) is 22.8 Å². The molecule has 12 heteroatoms. The number of hydrogen-bond donors (Lipinski definition) is 2. The van der Waals surface area contributed by atoms with E-state index in [1.54, 1.807) is 56.5 Å².